The third kappa shape index (κ3) is 6.31. The lowest BCUT2D eigenvalue weighted by Crippen LogP contribution is -2.39. The molecule has 0 aliphatic carbocycles. The molecule has 2 aromatic rings. The summed E-state index contributed by atoms with van der Waals surface area (Å²) in [7, 11) is -3.76. The highest BCUT2D eigenvalue weighted by Crippen LogP contribution is 2.31. The van der Waals surface area contributed by atoms with Crippen molar-refractivity contribution in [1.82, 2.24) is 5.43 Å². The van der Waals surface area contributed by atoms with Gasteiger partial charge in [0.15, 0.2) is 0 Å². The van der Waals surface area contributed by atoms with Gasteiger partial charge in [-0.2, -0.15) is 18.3 Å². The van der Waals surface area contributed by atoms with Gasteiger partial charge in [0.05, 0.1) is 23.7 Å². The van der Waals surface area contributed by atoms with Crippen LogP contribution < -0.4 is 9.73 Å². The average Bonchev–Trinajstić information content (AvgIpc) is 2.65. The highest BCUT2D eigenvalue weighted by molar-refractivity contribution is 7.92. The Kier molecular flexibility index (Phi) is 7.02. The molecule has 6 nitrogen and oxygen atoms in total. The van der Waals surface area contributed by atoms with Crippen LogP contribution in [0.25, 0.3) is 0 Å². The van der Waals surface area contributed by atoms with Crippen LogP contribution in [0.1, 0.15) is 23.6 Å². The molecule has 0 spiro atoms. The van der Waals surface area contributed by atoms with E-state index in [1.807, 2.05) is 6.92 Å². The van der Waals surface area contributed by atoms with Gasteiger partial charge in [-0.25, -0.2) is 13.8 Å². The lowest BCUT2D eigenvalue weighted by Gasteiger charge is -2.21. The first-order valence-electron chi connectivity index (χ1n) is 8.57. The Labute approximate surface area is 167 Å². The van der Waals surface area contributed by atoms with Crippen LogP contribution in [-0.2, 0) is 27.4 Å². The fraction of sp³-hybridized carbons (Fsp3) is 0.263. The SMILES string of the molecule is CCc1ccc(N(CC(=O)N/N=C\c2ccccc2C(F)(F)F)S(C)(=O)=O)cc1. The number of hydrogen-bond acceptors (Lipinski definition) is 4. The smallest absolute Gasteiger partial charge is 0.271 e. The molecule has 0 aromatic heterocycles. The van der Waals surface area contributed by atoms with Gasteiger partial charge in [-0.15, -0.1) is 0 Å². The Hall–Kier alpha value is -2.88. The molecule has 2 aromatic carbocycles. The van der Waals surface area contributed by atoms with E-state index >= 15 is 0 Å². The van der Waals surface area contributed by atoms with Crippen LogP contribution >= 0.6 is 0 Å². The second-order valence-electron chi connectivity index (χ2n) is 6.17. The summed E-state index contributed by atoms with van der Waals surface area (Å²) < 4.78 is 63.9. The zero-order valence-electron chi connectivity index (χ0n) is 15.8. The van der Waals surface area contributed by atoms with E-state index in [1.54, 1.807) is 24.3 Å². The fourth-order valence-corrected chi connectivity index (χ4v) is 3.36. The molecule has 0 bridgehead atoms. The molecule has 0 aliphatic rings. The quantitative estimate of drug-likeness (QED) is 0.545. The molecular weight excluding hydrogens is 407 g/mol. The first-order chi connectivity index (χ1) is 13.5. The number of halogens is 3. The van der Waals surface area contributed by atoms with Gasteiger partial charge in [-0.1, -0.05) is 37.3 Å². The normalized spacial score (nSPS) is 12.2. The van der Waals surface area contributed by atoms with Crippen molar-refractivity contribution in [2.75, 3.05) is 17.1 Å². The number of anilines is 1. The summed E-state index contributed by atoms with van der Waals surface area (Å²) in [5, 5.41) is 3.53. The minimum Gasteiger partial charge on any atom is -0.271 e. The third-order valence-electron chi connectivity index (χ3n) is 3.98. The van der Waals surface area contributed by atoms with Crippen molar-refractivity contribution in [1.29, 1.82) is 0 Å². The molecule has 0 radical (unpaired) electrons. The van der Waals surface area contributed by atoms with Crippen LogP contribution in [0.5, 0.6) is 0 Å². The number of sulfonamides is 1. The molecule has 1 N–H and O–H groups in total. The van der Waals surface area contributed by atoms with Crippen molar-refractivity contribution in [3.05, 3.63) is 65.2 Å². The third-order valence-corrected chi connectivity index (χ3v) is 5.12. The largest absolute Gasteiger partial charge is 0.417 e. The Balaban J connectivity index is 2.12. The number of hydrazone groups is 1. The van der Waals surface area contributed by atoms with E-state index in [1.165, 1.54) is 18.2 Å². The number of carbonyl (C=O) groups is 1. The number of aryl methyl sites for hydroxylation is 1. The Morgan fingerprint density at radius 3 is 2.31 bits per heavy atom. The molecule has 0 unspecified atom stereocenters. The maximum Gasteiger partial charge on any atom is 0.417 e. The fourth-order valence-electron chi connectivity index (χ4n) is 2.51. The predicted molar refractivity (Wildman–Crippen MR) is 105 cm³/mol. The van der Waals surface area contributed by atoms with E-state index in [9.17, 15) is 26.4 Å². The topological polar surface area (TPSA) is 78.8 Å². The predicted octanol–water partition coefficient (Wildman–Crippen LogP) is 3.18. The van der Waals surface area contributed by atoms with Gasteiger partial charge in [-0.05, 0) is 30.2 Å². The molecule has 0 heterocycles. The summed E-state index contributed by atoms with van der Waals surface area (Å²) in [6, 6.07) is 11.4. The van der Waals surface area contributed by atoms with Gasteiger partial charge in [0.2, 0.25) is 10.0 Å². The summed E-state index contributed by atoms with van der Waals surface area (Å²) >= 11 is 0. The first-order valence-corrected chi connectivity index (χ1v) is 10.4. The van der Waals surface area contributed by atoms with E-state index in [0.29, 0.717) is 5.69 Å². The molecule has 2 rings (SSSR count). The monoisotopic (exact) mass is 427 g/mol. The molecule has 0 atom stereocenters. The van der Waals surface area contributed by atoms with Crippen LogP contribution in [0, 0.1) is 0 Å². The zero-order chi connectivity index (χ0) is 21.7. The zero-order valence-corrected chi connectivity index (χ0v) is 16.6. The number of amides is 1. The van der Waals surface area contributed by atoms with Crippen molar-refractivity contribution in [2.45, 2.75) is 19.5 Å². The van der Waals surface area contributed by atoms with Crippen molar-refractivity contribution >= 4 is 27.8 Å². The maximum absolute atomic E-state index is 13.0. The van der Waals surface area contributed by atoms with Gasteiger partial charge in [-0.3, -0.25) is 9.10 Å². The van der Waals surface area contributed by atoms with Crippen LogP contribution in [0.2, 0.25) is 0 Å². The van der Waals surface area contributed by atoms with E-state index in [-0.39, 0.29) is 5.56 Å². The van der Waals surface area contributed by atoms with Crippen molar-refractivity contribution < 1.29 is 26.4 Å². The van der Waals surface area contributed by atoms with Gasteiger partial charge < -0.3 is 0 Å². The number of carbonyl (C=O) groups excluding carboxylic acids is 1. The standard InChI is InChI=1S/C19H20F3N3O3S/c1-3-14-8-10-16(11-9-14)25(29(2,27)28)13-18(26)24-23-12-15-6-4-5-7-17(15)19(20,21)22/h4-12H,3,13H2,1-2H3,(H,24,26)/b23-12-. The van der Waals surface area contributed by atoms with E-state index in [4.69, 9.17) is 0 Å². The molecule has 0 aliphatic heterocycles. The van der Waals surface area contributed by atoms with E-state index < -0.39 is 34.2 Å². The van der Waals surface area contributed by atoms with Gasteiger partial charge in [0, 0.05) is 5.56 Å². The van der Waals surface area contributed by atoms with Crippen molar-refractivity contribution in [3.8, 4) is 0 Å². The van der Waals surface area contributed by atoms with Crippen LogP contribution in [0.4, 0.5) is 18.9 Å². The highest BCUT2D eigenvalue weighted by Gasteiger charge is 2.32. The molecule has 0 saturated carbocycles. The van der Waals surface area contributed by atoms with Gasteiger partial charge in [0.25, 0.3) is 5.91 Å². The van der Waals surface area contributed by atoms with Gasteiger partial charge in [0.1, 0.15) is 6.54 Å². The molecule has 156 valence electrons. The van der Waals surface area contributed by atoms with Crippen molar-refractivity contribution in [3.63, 3.8) is 0 Å². The summed E-state index contributed by atoms with van der Waals surface area (Å²) in [6.45, 7) is 1.38. The lowest BCUT2D eigenvalue weighted by atomic mass is 10.1. The molecule has 0 fully saturated rings. The highest BCUT2D eigenvalue weighted by atomic mass is 32.2. The minimum atomic E-state index is -4.57. The minimum absolute atomic E-state index is 0.226. The number of rotatable bonds is 7. The molecule has 29 heavy (non-hydrogen) atoms. The summed E-state index contributed by atoms with van der Waals surface area (Å²) in [4.78, 5) is 12.1. The Morgan fingerprint density at radius 1 is 1.14 bits per heavy atom. The van der Waals surface area contributed by atoms with Crippen molar-refractivity contribution in [2.24, 2.45) is 5.10 Å². The maximum atomic E-state index is 13.0. The second kappa shape index (κ2) is 9.08. The Bertz CT molecular complexity index is 988. The number of alkyl halides is 3. The summed E-state index contributed by atoms with van der Waals surface area (Å²) in [5.74, 6) is -0.796. The number of nitrogens with one attached hydrogen (secondary N) is 1. The van der Waals surface area contributed by atoms with Crippen LogP contribution in [0.3, 0.4) is 0 Å². The number of hydrogen-bond donors (Lipinski definition) is 1. The number of benzene rings is 2. The molecule has 1 amide bonds. The van der Waals surface area contributed by atoms with E-state index in [0.717, 1.165) is 34.8 Å². The first kappa shape index (κ1) is 22.4. The van der Waals surface area contributed by atoms with E-state index in [2.05, 4.69) is 10.5 Å². The van der Waals surface area contributed by atoms with Gasteiger partial charge >= 0.3 is 6.18 Å². The molecular formula is C19H20F3N3O3S. The summed E-state index contributed by atoms with van der Waals surface area (Å²) in [5.41, 5.74) is 2.24. The summed E-state index contributed by atoms with van der Waals surface area (Å²) in [6.07, 6.45) is -1.98. The van der Waals surface area contributed by atoms with Crippen LogP contribution in [-0.4, -0.2) is 33.3 Å². The average molecular weight is 427 g/mol. The lowest BCUT2D eigenvalue weighted by molar-refractivity contribution is -0.137. The van der Waals surface area contributed by atoms with Crippen LogP contribution in [0.15, 0.2) is 53.6 Å². The molecule has 10 heteroatoms. The molecule has 0 saturated heterocycles. The number of nitrogens with zero attached hydrogens (tertiary/aromatic N) is 2. The Morgan fingerprint density at radius 2 is 1.76 bits per heavy atom. The second-order valence-corrected chi connectivity index (χ2v) is 8.07.